The molecule has 1 saturated heterocycles. The number of rotatable bonds is 5. The Balaban J connectivity index is 1.80. The molecule has 2 aromatic heterocycles. The first-order chi connectivity index (χ1) is 15.2. The van der Waals surface area contributed by atoms with Gasteiger partial charge >= 0.3 is 5.97 Å². The van der Waals surface area contributed by atoms with Crippen LogP contribution in [0, 0.1) is 18.3 Å². The third-order valence-electron chi connectivity index (χ3n) is 5.35. The van der Waals surface area contributed by atoms with Crippen LogP contribution < -0.4 is 10.2 Å². The quantitative estimate of drug-likeness (QED) is 0.616. The molecule has 2 N–H and O–H groups in total. The van der Waals surface area contributed by atoms with Crippen LogP contribution in [0.4, 0.5) is 20.3 Å². The molecule has 4 rings (SSSR count). The lowest BCUT2D eigenvalue weighted by molar-refractivity contribution is 0.0256. The summed E-state index contributed by atoms with van der Waals surface area (Å²) >= 11 is 0. The van der Waals surface area contributed by atoms with Crippen molar-refractivity contribution in [3.63, 3.8) is 0 Å². The average Bonchev–Trinajstić information content (AvgIpc) is 3.11. The minimum Gasteiger partial charge on any atom is -0.476 e. The van der Waals surface area contributed by atoms with Crippen LogP contribution in [0.2, 0.25) is 0 Å². The third kappa shape index (κ3) is 4.01. The van der Waals surface area contributed by atoms with E-state index >= 15 is 0 Å². The molecule has 0 radical (unpaired) electrons. The lowest BCUT2D eigenvalue weighted by atomic mass is 10.0. The predicted molar refractivity (Wildman–Crippen MR) is 114 cm³/mol. The highest BCUT2D eigenvalue weighted by molar-refractivity contribution is 5.92. The van der Waals surface area contributed by atoms with Gasteiger partial charge in [0.2, 0.25) is 0 Å². The molecule has 1 aromatic carbocycles. The Morgan fingerprint density at radius 1 is 1.38 bits per heavy atom. The fourth-order valence-corrected chi connectivity index (χ4v) is 3.87. The first-order valence-corrected chi connectivity index (χ1v) is 9.98. The van der Waals surface area contributed by atoms with Gasteiger partial charge in [0, 0.05) is 24.7 Å². The number of carboxylic acids is 1. The van der Waals surface area contributed by atoms with Crippen LogP contribution in [0.5, 0.6) is 0 Å². The molecule has 0 bridgehead atoms. The minimum atomic E-state index is -2.85. The van der Waals surface area contributed by atoms with E-state index in [1.54, 1.807) is 18.2 Å². The summed E-state index contributed by atoms with van der Waals surface area (Å²) in [7, 11) is 0. The van der Waals surface area contributed by atoms with Gasteiger partial charge in [-0.15, -0.1) is 0 Å². The van der Waals surface area contributed by atoms with E-state index in [-0.39, 0.29) is 30.2 Å². The summed E-state index contributed by atoms with van der Waals surface area (Å²) in [6.07, 6.45) is 1.09. The van der Waals surface area contributed by atoms with E-state index in [0.717, 1.165) is 5.56 Å². The van der Waals surface area contributed by atoms with Crippen molar-refractivity contribution in [2.45, 2.75) is 32.2 Å². The molecule has 0 aliphatic carbocycles. The van der Waals surface area contributed by atoms with Crippen molar-refractivity contribution in [1.82, 2.24) is 15.0 Å². The van der Waals surface area contributed by atoms with Gasteiger partial charge in [-0.2, -0.15) is 5.26 Å². The zero-order valence-electron chi connectivity index (χ0n) is 17.4. The minimum absolute atomic E-state index is 0.00668. The summed E-state index contributed by atoms with van der Waals surface area (Å²) in [6, 6.07) is 8.45. The Hall–Kier alpha value is -3.87. The van der Waals surface area contributed by atoms with Gasteiger partial charge in [0.25, 0.3) is 5.92 Å². The van der Waals surface area contributed by atoms with Crippen molar-refractivity contribution in [3.05, 3.63) is 53.0 Å². The molecule has 10 heteroatoms. The van der Waals surface area contributed by atoms with Crippen molar-refractivity contribution < 1.29 is 18.7 Å². The van der Waals surface area contributed by atoms with E-state index in [1.807, 2.05) is 26.0 Å². The monoisotopic (exact) mass is 438 g/mol. The number of pyridine rings is 1. The average molecular weight is 438 g/mol. The fraction of sp³-hybridized carbons (Fsp3) is 0.318. The number of alkyl halides is 2. The molecule has 164 valence electrons. The number of fused-ring (bicyclic) bond motifs is 1. The molecule has 8 nitrogen and oxygen atoms in total. The van der Waals surface area contributed by atoms with Gasteiger partial charge < -0.3 is 15.3 Å². The van der Waals surface area contributed by atoms with Gasteiger partial charge in [-0.3, -0.25) is 0 Å². The Labute approximate surface area is 182 Å². The summed E-state index contributed by atoms with van der Waals surface area (Å²) in [5.41, 5.74) is 2.70. The number of carbonyl (C=O) groups is 1. The van der Waals surface area contributed by atoms with Crippen LogP contribution in [0.15, 0.2) is 30.5 Å². The number of anilines is 2. The molecular formula is C22H20F2N6O2. The normalized spacial score (nSPS) is 16.0. The van der Waals surface area contributed by atoms with Crippen LogP contribution >= 0.6 is 0 Å². The van der Waals surface area contributed by atoms with E-state index in [4.69, 9.17) is 0 Å². The number of hydrogen-bond acceptors (Lipinski definition) is 7. The van der Waals surface area contributed by atoms with Gasteiger partial charge in [0.1, 0.15) is 6.07 Å². The maximum absolute atomic E-state index is 13.8. The van der Waals surface area contributed by atoms with Crippen LogP contribution in [0.25, 0.3) is 11.0 Å². The van der Waals surface area contributed by atoms with Crippen LogP contribution in [0.1, 0.15) is 46.7 Å². The lowest BCUT2D eigenvalue weighted by Crippen LogP contribution is -2.26. The number of nitrogens with zero attached hydrogens (tertiary/aromatic N) is 5. The fourth-order valence-electron chi connectivity index (χ4n) is 3.87. The predicted octanol–water partition coefficient (Wildman–Crippen LogP) is 3.92. The van der Waals surface area contributed by atoms with Crippen molar-refractivity contribution in [1.29, 1.82) is 5.26 Å². The number of carboxylic acid groups (broad SMARTS) is 1. The molecule has 0 saturated carbocycles. The molecule has 1 atom stereocenters. The number of aryl methyl sites for hydroxylation is 1. The van der Waals surface area contributed by atoms with E-state index in [2.05, 4.69) is 20.3 Å². The van der Waals surface area contributed by atoms with Gasteiger partial charge in [0.05, 0.1) is 29.3 Å². The van der Waals surface area contributed by atoms with Crippen LogP contribution in [0.3, 0.4) is 0 Å². The first-order valence-electron chi connectivity index (χ1n) is 9.98. The van der Waals surface area contributed by atoms with Crippen molar-refractivity contribution in [3.8, 4) is 6.07 Å². The van der Waals surface area contributed by atoms with Gasteiger partial charge in [-0.25, -0.2) is 28.5 Å². The molecule has 1 aliphatic heterocycles. The molecule has 0 spiro atoms. The van der Waals surface area contributed by atoms with Gasteiger partial charge in [-0.1, -0.05) is 6.07 Å². The molecule has 3 heterocycles. The maximum Gasteiger partial charge on any atom is 0.356 e. The maximum atomic E-state index is 13.8. The SMILES string of the molecule is Cc1cc([C@@H](C)Nc2cccnc2C(=O)O)c2nc(N3CCC(F)(F)C3)c(C#N)nc2c1. The van der Waals surface area contributed by atoms with Crippen LogP contribution in [-0.4, -0.2) is 45.0 Å². The molecule has 1 fully saturated rings. The largest absolute Gasteiger partial charge is 0.476 e. The second kappa shape index (κ2) is 8.00. The third-order valence-corrected chi connectivity index (χ3v) is 5.35. The molecule has 1 aliphatic rings. The van der Waals surface area contributed by atoms with Gasteiger partial charge in [0.15, 0.2) is 17.2 Å². The number of hydrogen-bond donors (Lipinski definition) is 2. The Bertz CT molecular complexity index is 1260. The molecular weight excluding hydrogens is 418 g/mol. The second-order valence-electron chi connectivity index (χ2n) is 7.83. The van der Waals surface area contributed by atoms with Crippen LogP contribution in [-0.2, 0) is 0 Å². The smallest absolute Gasteiger partial charge is 0.356 e. The summed E-state index contributed by atoms with van der Waals surface area (Å²) in [4.78, 5) is 25.8. The van der Waals surface area contributed by atoms with E-state index in [0.29, 0.717) is 22.3 Å². The number of aromatic nitrogens is 3. The zero-order chi connectivity index (χ0) is 23.0. The number of nitrogens with one attached hydrogen (secondary N) is 1. The van der Waals surface area contributed by atoms with E-state index < -0.39 is 24.5 Å². The number of aromatic carboxylic acids is 1. The van der Waals surface area contributed by atoms with Crippen molar-refractivity contribution in [2.75, 3.05) is 23.3 Å². The molecule has 3 aromatic rings. The highest BCUT2D eigenvalue weighted by Gasteiger charge is 2.40. The highest BCUT2D eigenvalue weighted by Crippen LogP contribution is 2.34. The summed E-state index contributed by atoms with van der Waals surface area (Å²) in [6.45, 7) is 3.25. The Morgan fingerprint density at radius 2 is 2.16 bits per heavy atom. The Kier molecular flexibility index (Phi) is 5.34. The molecule has 32 heavy (non-hydrogen) atoms. The van der Waals surface area contributed by atoms with Crippen molar-refractivity contribution in [2.24, 2.45) is 0 Å². The second-order valence-corrected chi connectivity index (χ2v) is 7.83. The lowest BCUT2D eigenvalue weighted by Gasteiger charge is -2.21. The van der Waals surface area contributed by atoms with E-state index in [1.165, 1.54) is 11.1 Å². The molecule has 0 unspecified atom stereocenters. The summed E-state index contributed by atoms with van der Waals surface area (Å²) in [5, 5.41) is 22.1. The topological polar surface area (TPSA) is 115 Å². The number of nitriles is 1. The number of halogens is 2. The summed E-state index contributed by atoms with van der Waals surface area (Å²) in [5.74, 6) is -3.88. The zero-order valence-corrected chi connectivity index (χ0v) is 17.4. The summed E-state index contributed by atoms with van der Waals surface area (Å²) < 4.78 is 27.6. The van der Waals surface area contributed by atoms with Crippen molar-refractivity contribution >= 4 is 28.5 Å². The standard InChI is InChI=1S/C22H20F2N6O2/c1-12-8-14(13(2)27-15-4-3-6-26-19(15)21(31)32)18-16(9-12)28-17(10-25)20(29-18)30-7-5-22(23,24)11-30/h3-4,6,8-9,13,27H,5,7,11H2,1-2H3,(H,31,32)/t13-/m1/s1. The highest BCUT2D eigenvalue weighted by atomic mass is 19.3. The number of benzene rings is 1. The first kappa shape index (κ1) is 21.4. The Morgan fingerprint density at radius 3 is 2.81 bits per heavy atom. The van der Waals surface area contributed by atoms with E-state index in [9.17, 15) is 23.9 Å². The molecule has 0 amide bonds. The van der Waals surface area contributed by atoms with Gasteiger partial charge in [-0.05, 0) is 37.6 Å².